The molecule has 1 amide bonds. The standard InChI is InChI=1S/C12H15F2NO2S/c1-18-10-4-2-9(3-5-10)12(17)15(6-7-16)8-11(13)14/h2-5,11,16H,6-8H2,1H3. The SMILES string of the molecule is CSc1ccc(C(=O)N(CCO)CC(F)F)cc1. The minimum Gasteiger partial charge on any atom is -0.395 e. The lowest BCUT2D eigenvalue weighted by Gasteiger charge is -2.21. The Morgan fingerprint density at radius 3 is 2.44 bits per heavy atom. The van der Waals surface area contributed by atoms with Gasteiger partial charge in [0.25, 0.3) is 12.3 Å². The zero-order valence-electron chi connectivity index (χ0n) is 9.97. The van der Waals surface area contributed by atoms with Gasteiger partial charge in [0.2, 0.25) is 0 Å². The topological polar surface area (TPSA) is 40.5 Å². The second kappa shape index (κ2) is 7.33. The van der Waals surface area contributed by atoms with Crippen molar-refractivity contribution in [3.05, 3.63) is 29.8 Å². The van der Waals surface area contributed by atoms with Crippen molar-refractivity contribution in [2.45, 2.75) is 11.3 Å². The zero-order chi connectivity index (χ0) is 13.5. The Morgan fingerprint density at radius 2 is 2.00 bits per heavy atom. The van der Waals surface area contributed by atoms with Crippen molar-refractivity contribution in [3.63, 3.8) is 0 Å². The molecular weight excluding hydrogens is 260 g/mol. The van der Waals surface area contributed by atoms with Crippen molar-refractivity contribution in [2.24, 2.45) is 0 Å². The number of rotatable bonds is 6. The number of carbonyl (C=O) groups excluding carboxylic acids is 1. The van der Waals surface area contributed by atoms with Crippen LogP contribution in [-0.4, -0.2) is 48.3 Å². The molecule has 0 bridgehead atoms. The molecule has 0 spiro atoms. The lowest BCUT2D eigenvalue weighted by Crippen LogP contribution is -2.37. The molecule has 18 heavy (non-hydrogen) atoms. The quantitative estimate of drug-likeness (QED) is 0.808. The summed E-state index contributed by atoms with van der Waals surface area (Å²) in [6, 6.07) is 6.73. The summed E-state index contributed by atoms with van der Waals surface area (Å²) < 4.78 is 24.6. The molecule has 0 aliphatic rings. The van der Waals surface area contributed by atoms with Crippen molar-refractivity contribution in [1.29, 1.82) is 0 Å². The van der Waals surface area contributed by atoms with E-state index in [1.165, 1.54) is 11.8 Å². The average molecular weight is 275 g/mol. The fraction of sp³-hybridized carbons (Fsp3) is 0.417. The van der Waals surface area contributed by atoms with E-state index < -0.39 is 18.9 Å². The van der Waals surface area contributed by atoms with Gasteiger partial charge in [0.05, 0.1) is 13.2 Å². The number of alkyl halides is 2. The first kappa shape index (κ1) is 14.9. The molecule has 0 heterocycles. The first-order chi connectivity index (χ1) is 8.58. The van der Waals surface area contributed by atoms with Gasteiger partial charge < -0.3 is 10.0 Å². The molecule has 0 fully saturated rings. The lowest BCUT2D eigenvalue weighted by molar-refractivity contribution is 0.0509. The highest BCUT2D eigenvalue weighted by Crippen LogP contribution is 2.16. The van der Waals surface area contributed by atoms with Gasteiger partial charge in [-0.2, -0.15) is 0 Å². The van der Waals surface area contributed by atoms with E-state index in [0.29, 0.717) is 5.56 Å². The van der Waals surface area contributed by atoms with E-state index >= 15 is 0 Å². The molecule has 0 saturated heterocycles. The summed E-state index contributed by atoms with van der Waals surface area (Å²) in [5.41, 5.74) is 0.349. The average Bonchev–Trinajstić information content (AvgIpc) is 2.37. The summed E-state index contributed by atoms with van der Waals surface area (Å²) in [4.78, 5) is 13.9. The number of halogens is 2. The van der Waals surface area contributed by atoms with Crippen molar-refractivity contribution >= 4 is 17.7 Å². The molecule has 6 heteroatoms. The number of hydrogen-bond acceptors (Lipinski definition) is 3. The van der Waals surface area contributed by atoms with E-state index in [1.807, 2.05) is 6.26 Å². The number of thioether (sulfide) groups is 1. The minimum atomic E-state index is -2.61. The molecule has 3 nitrogen and oxygen atoms in total. The molecule has 0 unspecified atom stereocenters. The Balaban J connectivity index is 2.80. The molecule has 1 aromatic carbocycles. The van der Waals surface area contributed by atoms with Gasteiger partial charge in [-0.05, 0) is 30.5 Å². The van der Waals surface area contributed by atoms with Gasteiger partial charge in [0.15, 0.2) is 0 Å². The Bertz CT molecular complexity index is 384. The van der Waals surface area contributed by atoms with Crippen molar-refractivity contribution in [3.8, 4) is 0 Å². The summed E-state index contributed by atoms with van der Waals surface area (Å²) >= 11 is 1.53. The van der Waals surface area contributed by atoms with Crippen LogP contribution in [0.15, 0.2) is 29.2 Å². The highest BCUT2D eigenvalue weighted by molar-refractivity contribution is 7.98. The van der Waals surface area contributed by atoms with Crippen LogP contribution >= 0.6 is 11.8 Å². The highest BCUT2D eigenvalue weighted by atomic mass is 32.2. The van der Waals surface area contributed by atoms with E-state index in [2.05, 4.69) is 0 Å². The van der Waals surface area contributed by atoms with Gasteiger partial charge in [-0.1, -0.05) is 0 Å². The molecule has 0 aromatic heterocycles. The van der Waals surface area contributed by atoms with E-state index in [4.69, 9.17) is 5.11 Å². The van der Waals surface area contributed by atoms with Crippen LogP contribution in [0.3, 0.4) is 0 Å². The normalized spacial score (nSPS) is 10.7. The summed E-state index contributed by atoms with van der Waals surface area (Å²) in [6.45, 7) is -1.08. The molecule has 0 atom stereocenters. The second-order valence-electron chi connectivity index (χ2n) is 3.59. The maximum Gasteiger partial charge on any atom is 0.255 e. The third kappa shape index (κ3) is 4.27. The van der Waals surface area contributed by atoms with E-state index in [-0.39, 0.29) is 13.2 Å². The second-order valence-corrected chi connectivity index (χ2v) is 4.47. The number of aliphatic hydroxyl groups is 1. The monoisotopic (exact) mass is 275 g/mol. The molecule has 0 radical (unpaired) electrons. The number of carbonyl (C=O) groups is 1. The van der Waals surface area contributed by atoms with E-state index in [1.54, 1.807) is 24.3 Å². The summed E-state index contributed by atoms with van der Waals surface area (Å²) in [5.74, 6) is -0.489. The number of hydrogen-bond donors (Lipinski definition) is 1. The van der Waals surface area contributed by atoms with Crippen LogP contribution in [0, 0.1) is 0 Å². The third-order valence-corrected chi connectivity index (χ3v) is 3.10. The van der Waals surface area contributed by atoms with Crippen LogP contribution in [0.2, 0.25) is 0 Å². The van der Waals surface area contributed by atoms with Gasteiger partial charge in [0.1, 0.15) is 0 Å². The van der Waals surface area contributed by atoms with Crippen LogP contribution in [0.4, 0.5) is 8.78 Å². The molecule has 1 aromatic rings. The summed E-state index contributed by atoms with van der Waals surface area (Å²) in [6.07, 6.45) is -0.697. The fourth-order valence-electron chi connectivity index (χ4n) is 1.48. The number of benzene rings is 1. The smallest absolute Gasteiger partial charge is 0.255 e. The molecule has 0 saturated carbocycles. The van der Waals surface area contributed by atoms with Gasteiger partial charge in [-0.25, -0.2) is 8.78 Å². The number of amides is 1. The molecule has 1 N–H and O–H groups in total. The Labute approximate surface area is 109 Å². The predicted octanol–water partition coefficient (Wildman–Crippen LogP) is 2.11. The van der Waals surface area contributed by atoms with E-state index in [9.17, 15) is 13.6 Å². The van der Waals surface area contributed by atoms with Crippen LogP contribution in [0.25, 0.3) is 0 Å². The minimum absolute atomic E-state index is 0.0898. The highest BCUT2D eigenvalue weighted by Gasteiger charge is 2.19. The third-order valence-electron chi connectivity index (χ3n) is 2.35. The van der Waals surface area contributed by atoms with Gasteiger partial charge in [0, 0.05) is 17.0 Å². The first-order valence-corrected chi connectivity index (χ1v) is 6.63. The number of nitrogens with zero attached hydrogens (tertiary/aromatic N) is 1. The zero-order valence-corrected chi connectivity index (χ0v) is 10.8. The van der Waals surface area contributed by atoms with Crippen molar-refractivity contribution < 1.29 is 18.7 Å². The molecule has 1 rings (SSSR count). The summed E-state index contributed by atoms with van der Waals surface area (Å²) in [7, 11) is 0. The van der Waals surface area contributed by atoms with Crippen LogP contribution in [0.5, 0.6) is 0 Å². The fourth-order valence-corrected chi connectivity index (χ4v) is 1.89. The number of aliphatic hydroxyl groups excluding tert-OH is 1. The summed E-state index contributed by atoms with van der Waals surface area (Å²) in [5, 5.41) is 8.79. The van der Waals surface area contributed by atoms with Crippen molar-refractivity contribution in [2.75, 3.05) is 26.0 Å². The van der Waals surface area contributed by atoms with Gasteiger partial charge in [-0.15, -0.1) is 11.8 Å². The van der Waals surface area contributed by atoms with Gasteiger partial charge in [-0.3, -0.25) is 4.79 Å². The Hall–Kier alpha value is -1.14. The first-order valence-electron chi connectivity index (χ1n) is 5.40. The molecule has 0 aliphatic carbocycles. The largest absolute Gasteiger partial charge is 0.395 e. The van der Waals surface area contributed by atoms with Crippen LogP contribution in [-0.2, 0) is 0 Å². The van der Waals surface area contributed by atoms with E-state index in [0.717, 1.165) is 9.80 Å². The van der Waals surface area contributed by atoms with Crippen LogP contribution in [0.1, 0.15) is 10.4 Å². The maximum absolute atomic E-state index is 12.3. The molecular formula is C12H15F2NO2S. The Morgan fingerprint density at radius 1 is 1.39 bits per heavy atom. The van der Waals surface area contributed by atoms with Crippen molar-refractivity contribution in [1.82, 2.24) is 4.90 Å². The van der Waals surface area contributed by atoms with Crippen LogP contribution < -0.4 is 0 Å². The van der Waals surface area contributed by atoms with Gasteiger partial charge >= 0.3 is 0 Å². The molecule has 0 aliphatic heterocycles. The molecule has 100 valence electrons. The predicted molar refractivity (Wildman–Crippen MR) is 67.2 cm³/mol. The maximum atomic E-state index is 12.3. The lowest BCUT2D eigenvalue weighted by atomic mass is 10.2. The Kier molecular flexibility index (Phi) is 6.07.